The van der Waals surface area contributed by atoms with Crippen LogP contribution in [0.1, 0.15) is 37.0 Å². The Kier molecular flexibility index (Phi) is 5.47. The molecule has 0 heterocycles. The van der Waals surface area contributed by atoms with Gasteiger partial charge in [-0.25, -0.2) is 0 Å². The van der Waals surface area contributed by atoms with Gasteiger partial charge in [-0.1, -0.05) is 37.0 Å². The lowest BCUT2D eigenvalue weighted by atomic mass is 9.97. The second kappa shape index (κ2) is 6.46. The summed E-state index contributed by atoms with van der Waals surface area (Å²) in [6, 6.07) is 2.91. The number of aliphatic hydroxyl groups is 1. The summed E-state index contributed by atoms with van der Waals surface area (Å²) in [4.78, 5) is 12.0. The molecule has 0 radical (unpaired) electrons. The number of anilines is 1. The molecule has 0 aliphatic rings. The summed E-state index contributed by atoms with van der Waals surface area (Å²) in [5.41, 5.74) is 5.33. The fourth-order valence-corrected chi connectivity index (χ4v) is 1.92. The van der Waals surface area contributed by atoms with Crippen molar-refractivity contribution in [3.05, 3.63) is 27.7 Å². The maximum absolute atomic E-state index is 12.0. The zero-order valence-electron chi connectivity index (χ0n) is 11.0. The fraction of sp³-hybridized carbons (Fsp3) is 0.462. The van der Waals surface area contributed by atoms with Gasteiger partial charge in [-0.05, 0) is 25.0 Å². The second-order valence-electron chi connectivity index (χ2n) is 4.48. The van der Waals surface area contributed by atoms with Gasteiger partial charge in [-0.15, -0.1) is 0 Å². The molecule has 4 nitrogen and oxygen atoms in total. The highest BCUT2D eigenvalue weighted by Crippen LogP contribution is 2.29. The molecule has 4 N–H and O–H groups in total. The summed E-state index contributed by atoms with van der Waals surface area (Å²) in [6.45, 7) is 3.92. The van der Waals surface area contributed by atoms with Gasteiger partial charge in [0.1, 0.15) is 0 Å². The van der Waals surface area contributed by atoms with Gasteiger partial charge in [-0.3, -0.25) is 4.79 Å². The summed E-state index contributed by atoms with van der Waals surface area (Å²) >= 11 is 11.7. The number of carbonyl (C=O) groups is 1. The minimum Gasteiger partial charge on any atom is -0.397 e. The van der Waals surface area contributed by atoms with Crippen LogP contribution in [0.25, 0.3) is 0 Å². The largest absolute Gasteiger partial charge is 0.397 e. The minimum atomic E-state index is -0.891. The molecule has 106 valence electrons. The lowest BCUT2D eigenvalue weighted by Gasteiger charge is -2.25. The highest BCUT2D eigenvalue weighted by atomic mass is 35.5. The number of hydrogen-bond donors (Lipinski definition) is 3. The van der Waals surface area contributed by atoms with Gasteiger partial charge in [0.2, 0.25) is 0 Å². The Morgan fingerprint density at radius 1 is 1.37 bits per heavy atom. The summed E-state index contributed by atoms with van der Waals surface area (Å²) < 4.78 is 0. The van der Waals surface area contributed by atoms with Gasteiger partial charge in [-0.2, -0.15) is 0 Å². The van der Waals surface area contributed by atoms with E-state index in [1.54, 1.807) is 0 Å². The molecule has 0 bridgehead atoms. The van der Waals surface area contributed by atoms with Crippen LogP contribution in [-0.2, 0) is 0 Å². The zero-order chi connectivity index (χ0) is 14.6. The molecular weight excluding hydrogens is 287 g/mol. The molecule has 0 saturated carbocycles. The second-order valence-corrected chi connectivity index (χ2v) is 5.26. The average molecular weight is 305 g/mol. The predicted molar refractivity (Wildman–Crippen MR) is 78.7 cm³/mol. The Labute approximate surface area is 122 Å². The van der Waals surface area contributed by atoms with Crippen LogP contribution in [0.15, 0.2) is 12.1 Å². The van der Waals surface area contributed by atoms with Gasteiger partial charge >= 0.3 is 0 Å². The van der Waals surface area contributed by atoms with Crippen molar-refractivity contribution in [1.29, 1.82) is 0 Å². The Morgan fingerprint density at radius 2 is 1.95 bits per heavy atom. The van der Waals surface area contributed by atoms with Crippen LogP contribution in [0, 0.1) is 0 Å². The van der Waals surface area contributed by atoms with Crippen LogP contribution in [0.4, 0.5) is 5.69 Å². The molecular formula is C13H18Cl2N2O2. The van der Waals surface area contributed by atoms with Crippen LogP contribution in [0.2, 0.25) is 10.0 Å². The highest BCUT2D eigenvalue weighted by Gasteiger charge is 2.23. The Morgan fingerprint density at radius 3 is 2.42 bits per heavy atom. The molecule has 1 rings (SSSR count). The van der Waals surface area contributed by atoms with E-state index in [-0.39, 0.29) is 28.2 Å². The molecule has 0 unspecified atom stereocenters. The first-order valence-corrected chi connectivity index (χ1v) is 6.83. The summed E-state index contributed by atoms with van der Waals surface area (Å²) in [7, 11) is 0. The topological polar surface area (TPSA) is 75.3 Å². The third-order valence-electron chi connectivity index (χ3n) is 3.21. The number of nitrogen functional groups attached to an aromatic ring is 1. The van der Waals surface area contributed by atoms with E-state index in [0.29, 0.717) is 18.4 Å². The maximum atomic E-state index is 12.0. The van der Waals surface area contributed by atoms with E-state index >= 15 is 0 Å². The molecule has 6 heteroatoms. The molecule has 1 aromatic carbocycles. The van der Waals surface area contributed by atoms with E-state index in [1.165, 1.54) is 12.1 Å². The summed E-state index contributed by atoms with van der Waals surface area (Å²) in [6.07, 6.45) is 1.13. The normalized spacial score (nSPS) is 11.4. The maximum Gasteiger partial charge on any atom is 0.251 e. The molecule has 0 aromatic heterocycles. The molecule has 0 spiro atoms. The van der Waals surface area contributed by atoms with E-state index < -0.39 is 5.60 Å². The van der Waals surface area contributed by atoms with Crippen LogP contribution >= 0.6 is 23.2 Å². The Hall–Kier alpha value is -0.970. The Balaban J connectivity index is 2.80. The Bertz CT molecular complexity index is 451. The van der Waals surface area contributed by atoms with Gasteiger partial charge in [0.15, 0.2) is 0 Å². The highest BCUT2D eigenvalue weighted by molar-refractivity contribution is 6.43. The smallest absolute Gasteiger partial charge is 0.251 e. The number of nitrogens with one attached hydrogen (secondary N) is 1. The van der Waals surface area contributed by atoms with Crippen LogP contribution in [0.5, 0.6) is 0 Å². The van der Waals surface area contributed by atoms with E-state index in [1.807, 2.05) is 13.8 Å². The van der Waals surface area contributed by atoms with Crippen molar-refractivity contribution in [2.24, 2.45) is 0 Å². The number of benzene rings is 1. The third-order valence-corrected chi connectivity index (χ3v) is 4.03. The molecule has 0 fully saturated rings. The number of nitrogens with two attached hydrogens (primary N) is 1. The summed E-state index contributed by atoms with van der Waals surface area (Å²) in [5.74, 6) is -0.342. The molecule has 19 heavy (non-hydrogen) atoms. The monoisotopic (exact) mass is 304 g/mol. The van der Waals surface area contributed by atoms with Gasteiger partial charge in [0, 0.05) is 12.1 Å². The van der Waals surface area contributed by atoms with Crippen LogP contribution < -0.4 is 11.1 Å². The van der Waals surface area contributed by atoms with Crippen molar-refractivity contribution in [2.45, 2.75) is 32.3 Å². The standard InChI is InChI=1S/C13H18Cl2N2O2/c1-3-13(19,4-2)7-17-12(18)8-5-9(14)11(15)10(16)6-8/h5-6,19H,3-4,7,16H2,1-2H3,(H,17,18). The quantitative estimate of drug-likeness (QED) is 0.732. The van der Waals surface area contributed by atoms with E-state index in [2.05, 4.69) is 5.32 Å². The molecule has 0 aliphatic carbocycles. The first-order chi connectivity index (χ1) is 8.83. The molecule has 0 saturated heterocycles. The number of halogens is 2. The molecule has 0 atom stereocenters. The number of hydrogen-bond acceptors (Lipinski definition) is 3. The van der Waals surface area contributed by atoms with Gasteiger partial charge in [0.25, 0.3) is 5.91 Å². The van der Waals surface area contributed by atoms with Crippen molar-refractivity contribution in [3.8, 4) is 0 Å². The first kappa shape index (κ1) is 16.1. The van der Waals surface area contributed by atoms with Crippen LogP contribution in [0.3, 0.4) is 0 Å². The van der Waals surface area contributed by atoms with Crippen molar-refractivity contribution in [2.75, 3.05) is 12.3 Å². The van der Waals surface area contributed by atoms with Crippen molar-refractivity contribution >= 4 is 34.8 Å². The van der Waals surface area contributed by atoms with Crippen LogP contribution in [-0.4, -0.2) is 23.2 Å². The summed E-state index contributed by atoms with van der Waals surface area (Å²) in [5, 5.41) is 13.2. The number of carbonyl (C=O) groups excluding carboxylic acids is 1. The molecule has 1 aromatic rings. The third kappa shape index (κ3) is 4.00. The van der Waals surface area contributed by atoms with Crippen molar-refractivity contribution < 1.29 is 9.90 Å². The lowest BCUT2D eigenvalue weighted by Crippen LogP contribution is -2.42. The number of rotatable bonds is 5. The van der Waals surface area contributed by atoms with Gasteiger partial charge < -0.3 is 16.2 Å². The van der Waals surface area contributed by atoms with Crippen molar-refractivity contribution in [3.63, 3.8) is 0 Å². The van der Waals surface area contributed by atoms with Crippen molar-refractivity contribution in [1.82, 2.24) is 5.32 Å². The minimum absolute atomic E-state index is 0.180. The van der Waals surface area contributed by atoms with Gasteiger partial charge in [0.05, 0.1) is 21.3 Å². The molecule has 0 aliphatic heterocycles. The lowest BCUT2D eigenvalue weighted by molar-refractivity contribution is 0.0314. The van der Waals surface area contributed by atoms with E-state index in [4.69, 9.17) is 28.9 Å². The first-order valence-electron chi connectivity index (χ1n) is 6.08. The van der Waals surface area contributed by atoms with E-state index in [9.17, 15) is 9.90 Å². The SMILES string of the molecule is CCC(O)(CC)CNC(=O)c1cc(N)c(Cl)c(Cl)c1. The average Bonchev–Trinajstić information content (AvgIpc) is 2.41. The zero-order valence-corrected chi connectivity index (χ0v) is 12.5. The van der Waals surface area contributed by atoms with E-state index in [0.717, 1.165) is 0 Å². The number of amides is 1. The predicted octanol–water partition coefficient (Wildman–Crippen LogP) is 2.86. The fourth-order valence-electron chi connectivity index (χ4n) is 1.59. The molecule has 1 amide bonds.